The Morgan fingerprint density at radius 1 is 1.52 bits per heavy atom. The molecule has 0 aliphatic carbocycles. The number of phosphoric ester groups is 1. The molecule has 4 N–H and O–H groups in total. The van der Waals surface area contributed by atoms with Crippen LogP contribution in [0.2, 0.25) is 0 Å². The van der Waals surface area contributed by atoms with E-state index in [1.807, 2.05) is 4.98 Å². The van der Waals surface area contributed by atoms with Crippen LogP contribution < -0.4 is 26.8 Å². The van der Waals surface area contributed by atoms with Crippen molar-refractivity contribution in [3.8, 4) is 0 Å². The standard InChI is InChI=1S/C14H19N3O12P2/c15-11(19)2-1-8-6-17(14(21)16-13(8)20)12-5-9(10(28-12)7-26-30(22)23)29-31(24,25)27-4-3-18/h1-2,6,9-10,12,18H,3-5,7H2,(H2,15,19)(H,24,25)(H,16,20,21)/p-1/b2-1+. The molecule has 172 valence electrons. The third kappa shape index (κ3) is 7.54. The third-order valence-corrected chi connectivity index (χ3v) is 5.25. The topological polar surface area (TPSA) is 235 Å². The lowest BCUT2D eigenvalue weighted by atomic mass is 10.2. The van der Waals surface area contributed by atoms with E-state index in [4.69, 9.17) is 20.1 Å². The number of nitrogens with two attached hydrogens (primary N) is 1. The van der Waals surface area contributed by atoms with Crippen molar-refractivity contribution in [1.82, 2.24) is 9.55 Å². The zero-order chi connectivity index (χ0) is 23.2. The fourth-order valence-corrected chi connectivity index (χ4v) is 3.81. The molecule has 0 aromatic carbocycles. The van der Waals surface area contributed by atoms with Crippen molar-refractivity contribution in [1.29, 1.82) is 0 Å². The number of H-pyrrole nitrogens is 1. The highest BCUT2D eigenvalue weighted by Gasteiger charge is 2.41. The summed E-state index contributed by atoms with van der Waals surface area (Å²) >= 11 is 0. The number of carbonyl (C=O) groups is 1. The molecule has 1 aromatic rings. The molecule has 1 fully saturated rings. The van der Waals surface area contributed by atoms with Crippen molar-refractivity contribution in [2.45, 2.75) is 24.9 Å². The van der Waals surface area contributed by atoms with Gasteiger partial charge in [0.1, 0.15) is 18.9 Å². The number of ether oxygens (including phenoxy) is 1. The Balaban J connectivity index is 2.31. The number of aliphatic hydroxyl groups excluding tert-OH is 1. The maximum absolute atomic E-state index is 12.2. The van der Waals surface area contributed by atoms with Crippen LogP contribution in [0.3, 0.4) is 0 Å². The number of primary amides is 1. The zero-order valence-corrected chi connectivity index (χ0v) is 17.4. The van der Waals surface area contributed by atoms with E-state index in [2.05, 4.69) is 9.05 Å². The van der Waals surface area contributed by atoms with Gasteiger partial charge < -0.3 is 34.4 Å². The molecule has 0 saturated carbocycles. The molecular weight excluding hydrogens is 464 g/mol. The lowest BCUT2D eigenvalue weighted by Crippen LogP contribution is -2.33. The Morgan fingerprint density at radius 2 is 2.23 bits per heavy atom. The van der Waals surface area contributed by atoms with Crippen molar-refractivity contribution in [3.05, 3.63) is 38.7 Å². The van der Waals surface area contributed by atoms with Gasteiger partial charge in [0.2, 0.25) is 5.91 Å². The van der Waals surface area contributed by atoms with Gasteiger partial charge in [-0.3, -0.25) is 23.7 Å². The molecule has 5 atom stereocenters. The second kappa shape index (κ2) is 11.0. The van der Waals surface area contributed by atoms with Gasteiger partial charge in [-0.1, -0.05) is 0 Å². The number of phosphoric acid groups is 1. The quantitative estimate of drug-likeness (QED) is 0.214. The fourth-order valence-electron chi connectivity index (χ4n) is 2.62. The van der Waals surface area contributed by atoms with Gasteiger partial charge in [0.05, 0.1) is 24.9 Å². The van der Waals surface area contributed by atoms with Crippen molar-refractivity contribution < 1.29 is 47.1 Å². The minimum absolute atomic E-state index is 0.136. The van der Waals surface area contributed by atoms with Gasteiger partial charge >= 0.3 is 13.9 Å². The maximum Gasteiger partial charge on any atom is 0.488 e. The molecule has 1 amide bonds. The van der Waals surface area contributed by atoms with Crippen LogP contribution in [-0.2, 0) is 32.2 Å². The average Bonchev–Trinajstić information content (AvgIpc) is 3.05. The highest BCUT2D eigenvalue weighted by atomic mass is 31.2. The summed E-state index contributed by atoms with van der Waals surface area (Å²) in [6.07, 6.45) is -1.11. The Morgan fingerprint density at radius 3 is 2.84 bits per heavy atom. The van der Waals surface area contributed by atoms with Crippen LogP contribution in [0.15, 0.2) is 21.9 Å². The number of hydrogen-bond donors (Lipinski definition) is 3. The zero-order valence-electron chi connectivity index (χ0n) is 15.6. The molecule has 0 bridgehead atoms. The van der Waals surface area contributed by atoms with E-state index in [1.165, 1.54) is 0 Å². The molecule has 31 heavy (non-hydrogen) atoms. The molecule has 1 aromatic heterocycles. The molecule has 17 heteroatoms. The van der Waals surface area contributed by atoms with Crippen LogP contribution in [0.4, 0.5) is 0 Å². The summed E-state index contributed by atoms with van der Waals surface area (Å²) in [7, 11) is -8.21. The molecule has 15 nitrogen and oxygen atoms in total. The number of nitrogens with zero attached hydrogens (tertiary/aromatic N) is 1. The Labute approximate surface area is 174 Å². The maximum atomic E-state index is 12.2. The number of hydrogen-bond acceptors (Lipinski definition) is 12. The predicted molar refractivity (Wildman–Crippen MR) is 97.2 cm³/mol. The van der Waals surface area contributed by atoms with Crippen LogP contribution in [0.1, 0.15) is 18.2 Å². The lowest BCUT2D eigenvalue weighted by molar-refractivity contribution is -0.232. The van der Waals surface area contributed by atoms with E-state index < -0.39 is 71.5 Å². The van der Waals surface area contributed by atoms with Crippen molar-refractivity contribution in [2.75, 3.05) is 19.8 Å². The summed E-state index contributed by atoms with van der Waals surface area (Å²) in [4.78, 5) is 59.5. The Hall–Kier alpha value is -2.06. The lowest BCUT2D eigenvalue weighted by Gasteiger charge is -2.27. The SMILES string of the molecule is NC(=O)/C=C/c1cn(C2CC(OP(=O)([O-])OCCO)C(CO[P+](=O)[O-])O2)c(=O)[nH]c1=O. The number of nitrogens with one attached hydrogen (secondary N) is 1. The molecule has 0 radical (unpaired) electrons. The number of amides is 1. The predicted octanol–water partition coefficient (Wildman–Crippen LogP) is -2.78. The first-order valence-corrected chi connectivity index (χ1v) is 11.1. The van der Waals surface area contributed by atoms with Crippen molar-refractivity contribution >= 4 is 28.1 Å². The Kier molecular flexibility index (Phi) is 8.94. The molecule has 1 aliphatic heterocycles. The summed E-state index contributed by atoms with van der Waals surface area (Å²) in [6.45, 7) is -1.80. The molecule has 1 saturated heterocycles. The van der Waals surface area contributed by atoms with Gasteiger partial charge in [-0.25, -0.2) is 4.79 Å². The van der Waals surface area contributed by atoms with Gasteiger partial charge in [-0.05, 0) is 10.6 Å². The molecule has 2 heterocycles. The summed E-state index contributed by atoms with van der Waals surface area (Å²) in [6, 6.07) is 0. The van der Waals surface area contributed by atoms with E-state index in [1.54, 1.807) is 0 Å². The fraction of sp³-hybridized carbons (Fsp3) is 0.500. The molecule has 2 rings (SSSR count). The first-order chi connectivity index (χ1) is 14.5. The number of carbonyl (C=O) groups excluding carboxylic acids is 1. The first kappa shape index (κ1) is 25.2. The van der Waals surface area contributed by atoms with Gasteiger partial charge in [0.15, 0.2) is 0 Å². The van der Waals surface area contributed by atoms with Crippen LogP contribution in [0, 0.1) is 0 Å². The highest BCUT2D eigenvalue weighted by molar-refractivity contribution is 7.45. The van der Waals surface area contributed by atoms with E-state index in [0.29, 0.717) is 0 Å². The minimum Gasteiger partial charge on any atom is -0.756 e. The van der Waals surface area contributed by atoms with Gasteiger partial charge in [0, 0.05) is 18.7 Å². The van der Waals surface area contributed by atoms with E-state index >= 15 is 0 Å². The van der Waals surface area contributed by atoms with Crippen LogP contribution in [0.5, 0.6) is 0 Å². The smallest absolute Gasteiger partial charge is 0.488 e. The largest absolute Gasteiger partial charge is 0.756 e. The van der Waals surface area contributed by atoms with E-state index in [-0.39, 0.29) is 12.0 Å². The number of aliphatic hydroxyl groups is 1. The molecule has 5 unspecified atom stereocenters. The number of aromatic amines is 1. The van der Waals surface area contributed by atoms with Crippen LogP contribution in [-0.4, -0.2) is 52.6 Å². The van der Waals surface area contributed by atoms with Gasteiger partial charge in [-0.2, -0.15) is 0 Å². The van der Waals surface area contributed by atoms with Gasteiger partial charge in [-0.15, -0.1) is 4.52 Å². The van der Waals surface area contributed by atoms with E-state index in [9.17, 15) is 33.3 Å². The van der Waals surface area contributed by atoms with Crippen LogP contribution >= 0.6 is 16.1 Å². The number of aromatic nitrogens is 2. The monoisotopic (exact) mass is 482 g/mol. The Bertz CT molecular complexity index is 1000. The summed E-state index contributed by atoms with van der Waals surface area (Å²) in [5, 5.41) is 8.68. The average molecular weight is 482 g/mol. The molecule has 0 spiro atoms. The third-order valence-electron chi connectivity index (χ3n) is 3.86. The number of rotatable bonds is 11. The molecular formula is C14H18N3O12P2-. The summed E-state index contributed by atoms with van der Waals surface area (Å²) in [5.74, 6) is -0.847. The van der Waals surface area contributed by atoms with Crippen LogP contribution in [0.25, 0.3) is 6.08 Å². The van der Waals surface area contributed by atoms with Crippen molar-refractivity contribution in [3.63, 3.8) is 0 Å². The van der Waals surface area contributed by atoms with E-state index in [0.717, 1.165) is 22.9 Å². The second-order valence-corrected chi connectivity index (χ2v) is 8.09. The minimum atomic E-state index is -4.92. The molecule has 1 aliphatic rings. The highest BCUT2D eigenvalue weighted by Crippen LogP contribution is 2.44. The summed E-state index contributed by atoms with van der Waals surface area (Å²) < 4.78 is 42.7. The summed E-state index contributed by atoms with van der Waals surface area (Å²) in [5.41, 5.74) is 3.08. The van der Waals surface area contributed by atoms with Crippen molar-refractivity contribution in [2.24, 2.45) is 5.73 Å². The van der Waals surface area contributed by atoms with Gasteiger partial charge in [0.25, 0.3) is 13.4 Å². The normalized spacial score (nSPS) is 23.7. The second-order valence-electron chi connectivity index (χ2n) is 6.02. The first-order valence-electron chi connectivity index (χ1n) is 8.53.